The van der Waals surface area contributed by atoms with Gasteiger partial charge in [0.1, 0.15) is 0 Å². The van der Waals surface area contributed by atoms with Gasteiger partial charge in [-0.05, 0) is 41.3 Å². The summed E-state index contributed by atoms with van der Waals surface area (Å²) >= 11 is 0. The van der Waals surface area contributed by atoms with E-state index in [4.69, 9.17) is 5.41 Å². The molecule has 0 saturated heterocycles. The van der Waals surface area contributed by atoms with E-state index in [9.17, 15) is 0 Å². The van der Waals surface area contributed by atoms with Gasteiger partial charge in [-0.1, -0.05) is 116 Å². The maximum Gasteiger partial charge on any atom is 0.151 e. The monoisotopic (exact) mass is 467 g/mol. The number of aliphatic imine (C=N–C) groups is 1. The Morgan fingerprint density at radius 2 is 1.50 bits per heavy atom. The molecular weight excluding hydrogens is 438 g/mol. The summed E-state index contributed by atoms with van der Waals surface area (Å²) in [5, 5.41) is 11.8. The lowest BCUT2D eigenvalue weighted by molar-refractivity contribution is 0.609. The molecule has 2 N–H and O–H groups in total. The summed E-state index contributed by atoms with van der Waals surface area (Å²) in [6.45, 7) is 2.31. The third-order valence-corrected chi connectivity index (χ3v) is 6.61. The first-order valence-electron chi connectivity index (χ1n) is 12.2. The van der Waals surface area contributed by atoms with Crippen molar-refractivity contribution < 1.29 is 0 Å². The zero-order valence-electron chi connectivity index (χ0n) is 20.4. The molecule has 0 amide bonds. The Morgan fingerprint density at radius 3 is 2.25 bits per heavy atom. The second-order valence-corrected chi connectivity index (χ2v) is 9.28. The third kappa shape index (κ3) is 5.26. The van der Waals surface area contributed by atoms with Gasteiger partial charge in [-0.15, -0.1) is 0 Å². The lowest BCUT2D eigenvalue weighted by Gasteiger charge is -2.31. The van der Waals surface area contributed by atoms with Crippen molar-refractivity contribution in [3.8, 4) is 0 Å². The number of benzene rings is 4. The molecule has 36 heavy (non-hydrogen) atoms. The van der Waals surface area contributed by atoms with Crippen molar-refractivity contribution in [1.29, 1.82) is 5.41 Å². The molecule has 0 radical (unpaired) electrons. The average Bonchev–Trinajstić information content (AvgIpc) is 2.94. The quantitative estimate of drug-likeness (QED) is 0.218. The minimum absolute atomic E-state index is 0.0348. The van der Waals surface area contributed by atoms with E-state index in [2.05, 4.69) is 90.1 Å². The van der Waals surface area contributed by atoms with E-state index in [1.807, 2.05) is 54.6 Å². The molecule has 0 saturated carbocycles. The summed E-state index contributed by atoms with van der Waals surface area (Å²) in [5.74, 6) is 0.254. The van der Waals surface area contributed by atoms with Gasteiger partial charge in [0.15, 0.2) is 5.84 Å². The highest BCUT2D eigenvalue weighted by Gasteiger charge is 2.27. The van der Waals surface area contributed by atoms with Crippen LogP contribution in [0.1, 0.15) is 35.6 Å². The van der Waals surface area contributed by atoms with E-state index in [0.29, 0.717) is 0 Å². The zero-order chi connectivity index (χ0) is 24.8. The number of hydrogen-bond acceptors (Lipinski definition) is 2. The third-order valence-electron chi connectivity index (χ3n) is 6.61. The van der Waals surface area contributed by atoms with Crippen LogP contribution in [-0.2, 0) is 5.41 Å². The smallest absolute Gasteiger partial charge is 0.151 e. The van der Waals surface area contributed by atoms with Crippen molar-refractivity contribution in [3.63, 3.8) is 0 Å². The molecular formula is C33H29N3. The molecule has 0 aromatic heterocycles. The van der Waals surface area contributed by atoms with Crippen LogP contribution in [0.25, 0.3) is 5.57 Å². The molecule has 0 heterocycles. The Balaban J connectivity index is 1.31. The van der Waals surface area contributed by atoms with E-state index in [1.54, 1.807) is 6.21 Å². The van der Waals surface area contributed by atoms with Crippen molar-refractivity contribution >= 4 is 29.0 Å². The molecule has 176 valence electrons. The van der Waals surface area contributed by atoms with E-state index in [1.165, 1.54) is 16.7 Å². The summed E-state index contributed by atoms with van der Waals surface area (Å²) in [6, 6.07) is 36.9. The number of anilines is 2. The number of para-hydroxylation sites is 1. The van der Waals surface area contributed by atoms with Crippen LogP contribution in [0.3, 0.4) is 0 Å². The number of hydrogen-bond donors (Lipinski definition) is 2. The van der Waals surface area contributed by atoms with Gasteiger partial charge < -0.3 is 5.32 Å². The van der Waals surface area contributed by atoms with Gasteiger partial charge in [-0.2, -0.15) is 0 Å². The molecule has 1 atom stereocenters. The number of rotatable bonds is 6. The largest absolute Gasteiger partial charge is 0.355 e. The highest BCUT2D eigenvalue weighted by Crippen LogP contribution is 2.41. The van der Waals surface area contributed by atoms with Gasteiger partial charge in [0.05, 0.1) is 0 Å². The number of allylic oxidation sites excluding steroid dienone is 4. The fourth-order valence-corrected chi connectivity index (χ4v) is 4.58. The predicted molar refractivity (Wildman–Crippen MR) is 153 cm³/mol. The van der Waals surface area contributed by atoms with Crippen molar-refractivity contribution in [1.82, 2.24) is 0 Å². The Hall–Kier alpha value is -4.50. The van der Waals surface area contributed by atoms with Gasteiger partial charge in [-0.25, -0.2) is 4.99 Å². The molecule has 1 unspecified atom stereocenters. The highest BCUT2D eigenvalue weighted by atomic mass is 14.9. The van der Waals surface area contributed by atoms with E-state index in [-0.39, 0.29) is 11.3 Å². The fourth-order valence-electron chi connectivity index (χ4n) is 4.58. The molecule has 1 aliphatic carbocycles. The SMILES string of the molecule is CC1(c2ccccc2)C=CC=C(c2ccccc2Nc2ccc(C=NC(=N)c3ccccc3)cc2)C1. The summed E-state index contributed by atoms with van der Waals surface area (Å²) in [5.41, 5.74) is 7.67. The first kappa shape index (κ1) is 23.3. The number of nitrogens with zero attached hydrogens (tertiary/aromatic N) is 1. The van der Waals surface area contributed by atoms with Crippen LogP contribution in [0.5, 0.6) is 0 Å². The summed E-state index contributed by atoms with van der Waals surface area (Å²) in [7, 11) is 0. The van der Waals surface area contributed by atoms with Gasteiger partial charge in [0.2, 0.25) is 0 Å². The molecule has 3 heteroatoms. The minimum Gasteiger partial charge on any atom is -0.355 e. The molecule has 4 aromatic carbocycles. The van der Waals surface area contributed by atoms with Gasteiger partial charge in [0.25, 0.3) is 0 Å². The van der Waals surface area contributed by atoms with Crippen LogP contribution in [-0.4, -0.2) is 12.1 Å². The van der Waals surface area contributed by atoms with E-state index in [0.717, 1.165) is 28.9 Å². The van der Waals surface area contributed by atoms with E-state index >= 15 is 0 Å². The van der Waals surface area contributed by atoms with Crippen molar-refractivity contribution in [2.24, 2.45) is 4.99 Å². The second-order valence-electron chi connectivity index (χ2n) is 9.28. The summed E-state index contributed by atoms with van der Waals surface area (Å²) in [6.07, 6.45) is 9.39. The Bertz CT molecular complexity index is 1430. The van der Waals surface area contributed by atoms with Crippen molar-refractivity contribution in [2.45, 2.75) is 18.8 Å². The number of nitrogens with one attached hydrogen (secondary N) is 2. The molecule has 5 rings (SSSR count). The average molecular weight is 468 g/mol. The molecule has 3 nitrogen and oxygen atoms in total. The summed E-state index contributed by atoms with van der Waals surface area (Å²) in [4.78, 5) is 4.32. The normalized spacial score (nSPS) is 17.1. The van der Waals surface area contributed by atoms with Gasteiger partial charge in [0, 0.05) is 34.1 Å². The predicted octanol–water partition coefficient (Wildman–Crippen LogP) is 8.18. The maximum absolute atomic E-state index is 8.15. The molecule has 0 fully saturated rings. The van der Waals surface area contributed by atoms with Crippen LogP contribution >= 0.6 is 0 Å². The fraction of sp³-hybridized carbons (Fsp3) is 0.0909. The highest BCUT2D eigenvalue weighted by molar-refractivity contribution is 6.03. The topological polar surface area (TPSA) is 48.2 Å². The van der Waals surface area contributed by atoms with Gasteiger partial charge >= 0.3 is 0 Å². The van der Waals surface area contributed by atoms with Crippen molar-refractivity contribution in [3.05, 3.63) is 150 Å². The minimum atomic E-state index is -0.0348. The van der Waals surface area contributed by atoms with Crippen LogP contribution in [0, 0.1) is 5.41 Å². The molecule has 0 aliphatic heterocycles. The molecule has 1 aliphatic rings. The Kier molecular flexibility index (Phi) is 6.72. The van der Waals surface area contributed by atoms with Crippen LogP contribution in [0.15, 0.2) is 132 Å². The Labute approximate surface area is 213 Å². The maximum atomic E-state index is 8.15. The van der Waals surface area contributed by atoms with Crippen LogP contribution in [0.4, 0.5) is 11.4 Å². The lowest BCUT2D eigenvalue weighted by atomic mass is 9.73. The second kappa shape index (κ2) is 10.4. The standard InChI is InChI=1S/C33H29N3/c1-33(28-14-6-3-7-15-28)22-10-13-27(23-33)30-16-8-9-17-31(30)36-29-20-18-25(19-21-29)24-35-32(34)26-11-4-2-5-12-26/h2-22,24,34,36H,23H2,1H3. The molecule has 4 aromatic rings. The van der Waals surface area contributed by atoms with Crippen LogP contribution in [0.2, 0.25) is 0 Å². The number of amidine groups is 1. The lowest BCUT2D eigenvalue weighted by Crippen LogP contribution is -2.21. The molecule has 0 bridgehead atoms. The Morgan fingerprint density at radius 1 is 0.833 bits per heavy atom. The zero-order valence-corrected chi connectivity index (χ0v) is 20.4. The molecule has 0 spiro atoms. The first-order chi connectivity index (χ1) is 17.6. The van der Waals surface area contributed by atoms with Crippen LogP contribution < -0.4 is 5.32 Å². The van der Waals surface area contributed by atoms with Crippen molar-refractivity contribution in [2.75, 3.05) is 5.32 Å². The van der Waals surface area contributed by atoms with E-state index < -0.39 is 0 Å². The first-order valence-corrected chi connectivity index (χ1v) is 12.2. The van der Waals surface area contributed by atoms with Gasteiger partial charge in [-0.3, -0.25) is 5.41 Å². The summed E-state index contributed by atoms with van der Waals surface area (Å²) < 4.78 is 0.